The maximum atomic E-state index is 10.2. The van der Waals surface area contributed by atoms with Crippen molar-refractivity contribution in [2.24, 2.45) is 0 Å². The van der Waals surface area contributed by atoms with E-state index in [0.717, 1.165) is 44.9 Å². The number of hydrogen-bond acceptors (Lipinski definition) is 2. The van der Waals surface area contributed by atoms with Crippen LogP contribution < -0.4 is 5.11 Å². The summed E-state index contributed by atoms with van der Waals surface area (Å²) in [7, 11) is 0. The Morgan fingerprint density at radius 1 is 0.541 bits per heavy atom. The second-order valence-electron chi connectivity index (χ2n) is 10.3. The molecule has 1 radical (unpaired) electrons. The summed E-state index contributed by atoms with van der Waals surface area (Å²) in [5.41, 5.74) is 0. The molecule has 0 aliphatic rings. The minimum atomic E-state index is -0.925. The van der Waals surface area contributed by atoms with Gasteiger partial charge in [0.1, 0.15) is 0 Å². The van der Waals surface area contributed by atoms with Gasteiger partial charge in [-0.1, -0.05) is 62.6 Å². The molecule has 2 nitrogen and oxygen atoms in total. The molecule has 0 spiro atoms. The number of carbonyl (C=O) groups is 1. The van der Waals surface area contributed by atoms with Crippen LogP contribution in [0.5, 0.6) is 0 Å². The van der Waals surface area contributed by atoms with E-state index in [4.69, 9.17) is 0 Å². The quantitative estimate of drug-likeness (QED) is 0.0520. The fourth-order valence-corrected chi connectivity index (χ4v) is 7.64. The predicted octanol–water partition coefficient (Wildman–Crippen LogP) is 10.6. The topological polar surface area (TPSA) is 40.1 Å². The van der Waals surface area contributed by atoms with Crippen LogP contribution in [0.25, 0.3) is 0 Å². The Morgan fingerprint density at radius 2 is 0.973 bits per heavy atom. The first-order valence-electron chi connectivity index (χ1n) is 16.0. The zero-order valence-corrected chi connectivity index (χ0v) is 28.1. The number of allylic oxidation sites excluding steroid dienone is 6. The SMILES string of the molecule is CC/C=C\C/C=C\C/C=C\CCCCCCCC(=O)[O-].CCCCCCC[CH2][Sn+][CH2]CCCCCCC. The first-order valence-corrected chi connectivity index (χ1v) is 20.1. The summed E-state index contributed by atoms with van der Waals surface area (Å²) in [6.45, 7) is 6.75. The van der Waals surface area contributed by atoms with Gasteiger partial charge in [0.05, 0.1) is 0 Å². The van der Waals surface area contributed by atoms with E-state index in [9.17, 15) is 9.90 Å². The summed E-state index contributed by atoms with van der Waals surface area (Å²) in [6, 6.07) is 0. The second-order valence-corrected chi connectivity index (χ2v) is 14.5. The van der Waals surface area contributed by atoms with E-state index in [1.54, 1.807) is 21.7 Å². The van der Waals surface area contributed by atoms with Crippen molar-refractivity contribution in [1.82, 2.24) is 0 Å². The Bertz CT molecular complexity index is 496. The van der Waals surface area contributed by atoms with Gasteiger partial charge in [-0.2, -0.15) is 0 Å². The summed E-state index contributed by atoms with van der Waals surface area (Å²) < 4.78 is 3.31. The summed E-state index contributed by atoms with van der Waals surface area (Å²) in [5, 5.41) is 10.2. The van der Waals surface area contributed by atoms with Crippen molar-refractivity contribution in [2.45, 2.75) is 171 Å². The van der Waals surface area contributed by atoms with Gasteiger partial charge in [0.2, 0.25) is 0 Å². The van der Waals surface area contributed by atoms with Gasteiger partial charge in [-0.05, 0) is 44.9 Å². The normalized spacial score (nSPS) is 11.4. The van der Waals surface area contributed by atoms with Crippen molar-refractivity contribution in [3.05, 3.63) is 36.5 Å². The molecular formula is C34H63O2Sn. The molecule has 0 aromatic carbocycles. The third kappa shape index (κ3) is 42.8. The molecule has 0 aromatic rings. The third-order valence-electron chi connectivity index (χ3n) is 6.45. The number of carbonyl (C=O) groups excluding carboxylic acids is 1. The molecule has 0 heterocycles. The fourth-order valence-electron chi connectivity index (χ4n) is 4.07. The number of unbranched alkanes of at least 4 members (excludes halogenated alkanes) is 15. The first-order chi connectivity index (χ1) is 18.2. The molecule has 215 valence electrons. The average Bonchev–Trinajstić information content (AvgIpc) is 2.89. The van der Waals surface area contributed by atoms with Crippen LogP contribution in [0.15, 0.2) is 36.5 Å². The van der Waals surface area contributed by atoms with E-state index >= 15 is 0 Å². The van der Waals surface area contributed by atoms with Crippen molar-refractivity contribution < 1.29 is 9.90 Å². The third-order valence-corrected chi connectivity index (χ3v) is 10.5. The fraction of sp³-hybridized carbons (Fsp3) is 0.794. The van der Waals surface area contributed by atoms with Gasteiger partial charge < -0.3 is 9.90 Å². The van der Waals surface area contributed by atoms with E-state index in [-0.39, 0.29) is 27.6 Å². The van der Waals surface area contributed by atoms with Crippen molar-refractivity contribution in [3.8, 4) is 0 Å². The van der Waals surface area contributed by atoms with Gasteiger partial charge >= 0.3 is 121 Å². The van der Waals surface area contributed by atoms with E-state index in [1.165, 1.54) is 77.0 Å². The standard InChI is InChI=1S/C18H30O2.2C8H17.Sn/c1-2-3-4-5-6-7-8-9-10-11-12-13-14-15-16-17-18(19)20;2*1-3-5-7-8-6-4-2;/h3-4,6-7,9-10H,2,5,8,11-17H2,1H3,(H,19,20);2*1,3-8H2,2H3;/q;;;+1/p-1/b4-3-,7-6-,10-9-;;;. The van der Waals surface area contributed by atoms with E-state index in [2.05, 4.69) is 57.2 Å². The molecule has 0 rings (SSSR count). The van der Waals surface area contributed by atoms with Crippen molar-refractivity contribution >= 4 is 27.1 Å². The van der Waals surface area contributed by atoms with Crippen LogP contribution in [0.3, 0.4) is 0 Å². The average molecular weight is 623 g/mol. The Balaban J connectivity index is 0. The molecular weight excluding hydrogens is 559 g/mol. The van der Waals surface area contributed by atoms with Gasteiger partial charge in [-0.25, -0.2) is 0 Å². The van der Waals surface area contributed by atoms with E-state index in [0.29, 0.717) is 0 Å². The zero-order chi connectivity index (χ0) is 27.5. The molecule has 0 amide bonds. The van der Waals surface area contributed by atoms with Gasteiger partial charge in [0.25, 0.3) is 0 Å². The van der Waals surface area contributed by atoms with Crippen LogP contribution in [0, 0.1) is 0 Å². The van der Waals surface area contributed by atoms with Crippen molar-refractivity contribution in [1.29, 1.82) is 0 Å². The summed E-state index contributed by atoms with van der Waals surface area (Å²) in [4.78, 5) is 10.2. The number of hydrogen-bond donors (Lipinski definition) is 0. The Kier molecular flexibility index (Phi) is 39.3. The maximum absolute atomic E-state index is 10.2. The van der Waals surface area contributed by atoms with E-state index in [1.807, 2.05) is 0 Å². The van der Waals surface area contributed by atoms with Crippen LogP contribution in [0.4, 0.5) is 0 Å². The second kappa shape index (κ2) is 37.6. The summed E-state index contributed by atoms with van der Waals surface area (Å²) >= 11 is 0.0736. The number of rotatable bonds is 27. The van der Waals surface area contributed by atoms with Gasteiger partial charge in [0, 0.05) is 5.97 Å². The Labute approximate surface area is 243 Å². The summed E-state index contributed by atoms with van der Waals surface area (Å²) in [6.07, 6.45) is 40.9. The van der Waals surface area contributed by atoms with Gasteiger partial charge in [-0.3, -0.25) is 0 Å². The monoisotopic (exact) mass is 623 g/mol. The van der Waals surface area contributed by atoms with Crippen LogP contribution in [-0.4, -0.2) is 27.1 Å². The molecule has 0 unspecified atom stereocenters. The van der Waals surface area contributed by atoms with Crippen LogP contribution in [0.2, 0.25) is 8.87 Å². The minimum absolute atomic E-state index is 0.0736. The molecule has 0 aliphatic carbocycles. The number of carboxylic acids is 1. The van der Waals surface area contributed by atoms with Gasteiger partial charge in [0.15, 0.2) is 0 Å². The molecule has 0 N–H and O–H groups in total. The van der Waals surface area contributed by atoms with E-state index < -0.39 is 5.97 Å². The molecule has 0 atom stereocenters. The van der Waals surface area contributed by atoms with Crippen molar-refractivity contribution in [3.63, 3.8) is 0 Å². The molecule has 0 aromatic heterocycles. The molecule has 0 fully saturated rings. The first kappa shape index (κ1) is 38.6. The predicted molar refractivity (Wildman–Crippen MR) is 166 cm³/mol. The Hall–Kier alpha value is -0.511. The molecule has 0 bridgehead atoms. The number of aliphatic carboxylic acids is 1. The molecule has 0 aliphatic heterocycles. The zero-order valence-electron chi connectivity index (χ0n) is 25.3. The van der Waals surface area contributed by atoms with Crippen LogP contribution in [-0.2, 0) is 4.79 Å². The van der Waals surface area contributed by atoms with Crippen molar-refractivity contribution in [2.75, 3.05) is 0 Å². The molecule has 0 saturated carbocycles. The molecule has 3 heteroatoms. The Morgan fingerprint density at radius 3 is 1.49 bits per heavy atom. The van der Waals surface area contributed by atoms with Crippen LogP contribution in [0.1, 0.15) is 162 Å². The molecule has 37 heavy (non-hydrogen) atoms. The summed E-state index contributed by atoms with van der Waals surface area (Å²) in [5.74, 6) is -0.925. The molecule has 0 saturated heterocycles. The van der Waals surface area contributed by atoms with Crippen LogP contribution >= 0.6 is 0 Å². The number of carboxylic acid groups (broad SMARTS) is 1. The van der Waals surface area contributed by atoms with Gasteiger partial charge in [-0.15, -0.1) is 0 Å².